The Kier molecular flexibility index (Phi) is 6.09. The Hall–Kier alpha value is -3.12. The second kappa shape index (κ2) is 8.94. The topological polar surface area (TPSA) is 96.7 Å². The first-order chi connectivity index (χ1) is 15.0. The molecule has 3 aromatic rings. The summed E-state index contributed by atoms with van der Waals surface area (Å²) in [5.41, 5.74) is 3.04. The number of nitrogens with zero attached hydrogens (tertiary/aromatic N) is 4. The van der Waals surface area contributed by atoms with E-state index in [4.69, 9.17) is 4.42 Å². The predicted octanol–water partition coefficient (Wildman–Crippen LogP) is 5.01. The molecule has 1 saturated carbocycles. The van der Waals surface area contributed by atoms with Crippen LogP contribution in [0, 0.1) is 31.0 Å². The normalized spacial score (nSPS) is 14.0. The zero-order chi connectivity index (χ0) is 22.0. The fourth-order valence-corrected chi connectivity index (χ4v) is 4.54. The second-order valence-corrected chi connectivity index (χ2v) is 8.50. The molecular formula is C22H22FN5O2S. The molecule has 1 fully saturated rings. The van der Waals surface area contributed by atoms with Crippen LogP contribution in [-0.2, 0) is 4.79 Å². The minimum absolute atomic E-state index is 0.0594. The van der Waals surface area contributed by atoms with Crippen molar-refractivity contribution in [3.05, 3.63) is 46.9 Å². The average Bonchev–Trinajstić information content (AvgIpc) is 3.49. The lowest BCUT2D eigenvalue weighted by Gasteiger charge is -2.19. The van der Waals surface area contributed by atoms with Crippen molar-refractivity contribution in [3.8, 4) is 17.5 Å². The van der Waals surface area contributed by atoms with Crippen molar-refractivity contribution in [3.63, 3.8) is 0 Å². The SMILES string of the molecule is Cc1c(C#N)c(NC(=O)CSc2nnc(-c3ccc(F)cc3)o2)n(C2CCCC2)c1C. The van der Waals surface area contributed by atoms with Gasteiger partial charge in [0.2, 0.25) is 11.8 Å². The summed E-state index contributed by atoms with van der Waals surface area (Å²) in [6, 6.07) is 8.28. The number of rotatable bonds is 6. The van der Waals surface area contributed by atoms with E-state index in [0.29, 0.717) is 23.0 Å². The largest absolute Gasteiger partial charge is 0.411 e. The highest BCUT2D eigenvalue weighted by molar-refractivity contribution is 7.99. The number of hydrogen-bond donors (Lipinski definition) is 1. The zero-order valence-corrected chi connectivity index (χ0v) is 18.1. The predicted molar refractivity (Wildman–Crippen MR) is 115 cm³/mol. The molecule has 0 unspecified atom stereocenters. The number of aromatic nitrogens is 3. The molecule has 0 radical (unpaired) electrons. The monoisotopic (exact) mass is 439 g/mol. The van der Waals surface area contributed by atoms with Crippen LogP contribution >= 0.6 is 11.8 Å². The number of hydrogen-bond acceptors (Lipinski definition) is 6. The Bertz CT molecular complexity index is 1140. The second-order valence-electron chi connectivity index (χ2n) is 7.57. The molecule has 1 N–H and O–H groups in total. The number of amides is 1. The first-order valence-electron chi connectivity index (χ1n) is 10.1. The number of carbonyl (C=O) groups is 1. The maximum absolute atomic E-state index is 13.1. The Morgan fingerprint density at radius 2 is 2.00 bits per heavy atom. The van der Waals surface area contributed by atoms with Crippen LogP contribution in [-0.4, -0.2) is 26.4 Å². The van der Waals surface area contributed by atoms with Crippen LogP contribution in [0.2, 0.25) is 0 Å². The van der Waals surface area contributed by atoms with E-state index >= 15 is 0 Å². The molecule has 0 spiro atoms. The molecule has 0 aliphatic heterocycles. The molecule has 4 rings (SSSR count). The van der Waals surface area contributed by atoms with Gasteiger partial charge in [-0.25, -0.2) is 4.39 Å². The summed E-state index contributed by atoms with van der Waals surface area (Å²) in [6.45, 7) is 3.91. The molecule has 1 aromatic carbocycles. The number of benzene rings is 1. The molecule has 1 aliphatic rings. The van der Waals surface area contributed by atoms with Gasteiger partial charge in [-0.15, -0.1) is 10.2 Å². The van der Waals surface area contributed by atoms with Gasteiger partial charge in [0, 0.05) is 17.3 Å². The van der Waals surface area contributed by atoms with Crippen molar-refractivity contribution >= 4 is 23.5 Å². The Morgan fingerprint density at radius 1 is 1.29 bits per heavy atom. The lowest BCUT2D eigenvalue weighted by molar-refractivity contribution is -0.113. The van der Waals surface area contributed by atoms with Crippen LogP contribution < -0.4 is 5.32 Å². The maximum atomic E-state index is 13.1. The van der Waals surface area contributed by atoms with E-state index < -0.39 is 0 Å². The molecule has 1 amide bonds. The maximum Gasteiger partial charge on any atom is 0.277 e. The lowest BCUT2D eigenvalue weighted by Crippen LogP contribution is -2.19. The number of nitrogens with one attached hydrogen (secondary N) is 1. The van der Waals surface area contributed by atoms with Crippen LogP contribution in [0.4, 0.5) is 10.2 Å². The zero-order valence-electron chi connectivity index (χ0n) is 17.3. The third-order valence-electron chi connectivity index (χ3n) is 5.64. The van der Waals surface area contributed by atoms with Gasteiger partial charge < -0.3 is 14.3 Å². The van der Waals surface area contributed by atoms with Gasteiger partial charge in [0.05, 0.1) is 11.3 Å². The molecule has 2 heterocycles. The van der Waals surface area contributed by atoms with Crippen LogP contribution in [0.5, 0.6) is 0 Å². The molecule has 0 bridgehead atoms. The highest BCUT2D eigenvalue weighted by atomic mass is 32.2. The molecule has 7 nitrogen and oxygen atoms in total. The molecule has 0 saturated heterocycles. The van der Waals surface area contributed by atoms with Crippen molar-refractivity contribution in [2.24, 2.45) is 0 Å². The van der Waals surface area contributed by atoms with Crippen molar-refractivity contribution in [1.82, 2.24) is 14.8 Å². The summed E-state index contributed by atoms with van der Waals surface area (Å²) in [4.78, 5) is 12.7. The summed E-state index contributed by atoms with van der Waals surface area (Å²) in [5.74, 6) is 0.298. The van der Waals surface area contributed by atoms with Crippen molar-refractivity contribution in [1.29, 1.82) is 5.26 Å². The van der Waals surface area contributed by atoms with E-state index in [9.17, 15) is 14.4 Å². The Balaban J connectivity index is 1.46. The molecule has 9 heteroatoms. The van der Waals surface area contributed by atoms with Gasteiger partial charge in [-0.3, -0.25) is 4.79 Å². The highest BCUT2D eigenvalue weighted by Crippen LogP contribution is 2.37. The van der Waals surface area contributed by atoms with Crippen molar-refractivity contribution in [2.45, 2.75) is 50.8 Å². The van der Waals surface area contributed by atoms with Crippen LogP contribution in [0.3, 0.4) is 0 Å². The van der Waals surface area contributed by atoms with Crippen LogP contribution in [0.25, 0.3) is 11.5 Å². The summed E-state index contributed by atoms with van der Waals surface area (Å²) in [7, 11) is 0. The minimum Gasteiger partial charge on any atom is -0.411 e. The van der Waals surface area contributed by atoms with E-state index in [-0.39, 0.29) is 28.6 Å². The smallest absolute Gasteiger partial charge is 0.277 e. The highest BCUT2D eigenvalue weighted by Gasteiger charge is 2.26. The quantitative estimate of drug-likeness (QED) is 0.542. The number of anilines is 1. The summed E-state index contributed by atoms with van der Waals surface area (Å²) in [6.07, 6.45) is 4.40. The third-order valence-corrected chi connectivity index (χ3v) is 6.46. The molecule has 160 valence electrons. The van der Waals surface area contributed by atoms with Gasteiger partial charge in [-0.2, -0.15) is 5.26 Å². The van der Waals surface area contributed by atoms with Crippen molar-refractivity contribution < 1.29 is 13.6 Å². The third kappa shape index (κ3) is 4.35. The van der Waals surface area contributed by atoms with E-state index in [0.717, 1.165) is 48.7 Å². The lowest BCUT2D eigenvalue weighted by atomic mass is 10.2. The summed E-state index contributed by atoms with van der Waals surface area (Å²) in [5, 5.41) is 20.7. The molecule has 31 heavy (non-hydrogen) atoms. The molecule has 2 aromatic heterocycles. The van der Waals surface area contributed by atoms with Gasteiger partial charge in [0.1, 0.15) is 17.7 Å². The number of carbonyl (C=O) groups excluding carboxylic acids is 1. The van der Waals surface area contributed by atoms with E-state index in [2.05, 4.69) is 26.2 Å². The summed E-state index contributed by atoms with van der Waals surface area (Å²) < 4.78 is 20.7. The molecule has 0 atom stereocenters. The van der Waals surface area contributed by atoms with Gasteiger partial charge in [-0.1, -0.05) is 24.6 Å². The number of halogens is 1. The standard InChI is InChI=1S/C22H22FN5O2S/c1-13-14(2)28(17-5-3-4-6-17)20(18(13)11-24)25-19(29)12-31-22-27-26-21(30-22)15-7-9-16(23)10-8-15/h7-10,17H,3-6,12H2,1-2H3,(H,25,29). The Morgan fingerprint density at radius 3 is 2.68 bits per heavy atom. The Labute approximate surface area is 183 Å². The first-order valence-corrected chi connectivity index (χ1v) is 11.1. The molecular weight excluding hydrogens is 417 g/mol. The van der Waals surface area contributed by atoms with Gasteiger partial charge >= 0.3 is 0 Å². The van der Waals surface area contributed by atoms with Gasteiger partial charge in [-0.05, 0) is 56.5 Å². The average molecular weight is 440 g/mol. The van der Waals surface area contributed by atoms with Gasteiger partial charge in [0.25, 0.3) is 5.22 Å². The minimum atomic E-state index is -0.348. The van der Waals surface area contributed by atoms with E-state index in [1.54, 1.807) is 12.1 Å². The fourth-order valence-electron chi connectivity index (χ4n) is 3.98. The summed E-state index contributed by atoms with van der Waals surface area (Å²) >= 11 is 1.11. The van der Waals surface area contributed by atoms with Crippen LogP contribution in [0.15, 0.2) is 33.9 Å². The van der Waals surface area contributed by atoms with E-state index in [1.165, 1.54) is 12.1 Å². The van der Waals surface area contributed by atoms with E-state index in [1.807, 2.05) is 13.8 Å². The van der Waals surface area contributed by atoms with Gasteiger partial charge in [0.15, 0.2) is 0 Å². The van der Waals surface area contributed by atoms with Crippen molar-refractivity contribution in [2.75, 3.05) is 11.1 Å². The fraction of sp³-hybridized carbons (Fsp3) is 0.364. The van der Waals surface area contributed by atoms with Crippen LogP contribution in [0.1, 0.15) is 48.5 Å². The molecule has 1 aliphatic carbocycles. The number of thioether (sulfide) groups is 1. The number of nitriles is 1. The first kappa shape index (κ1) is 21.1.